The molecule has 0 aliphatic heterocycles. The van der Waals surface area contributed by atoms with Gasteiger partial charge in [-0.1, -0.05) is 48.4 Å². The Bertz CT molecular complexity index is 807. The van der Waals surface area contributed by atoms with Crippen LogP contribution in [0.2, 0.25) is 0 Å². The predicted molar refractivity (Wildman–Crippen MR) is 93.2 cm³/mol. The van der Waals surface area contributed by atoms with Gasteiger partial charge in [0.25, 0.3) is 5.56 Å². The van der Waals surface area contributed by atoms with Crippen molar-refractivity contribution in [3.05, 3.63) is 63.8 Å². The summed E-state index contributed by atoms with van der Waals surface area (Å²) in [5, 5.41) is 4.09. The van der Waals surface area contributed by atoms with Gasteiger partial charge >= 0.3 is 5.97 Å². The number of carbonyl (C=O) groups excluding carboxylic acids is 2. The van der Waals surface area contributed by atoms with Crippen molar-refractivity contribution < 1.29 is 14.3 Å². The van der Waals surface area contributed by atoms with Crippen LogP contribution < -0.4 is 10.9 Å². The molecule has 6 nitrogen and oxygen atoms in total. The third-order valence-corrected chi connectivity index (χ3v) is 4.27. The smallest absolute Gasteiger partial charge is 0.334 e. The number of hydrogen-bond acceptors (Lipinski definition) is 5. The van der Waals surface area contributed by atoms with Crippen LogP contribution >= 0.6 is 11.5 Å². The number of hydrogen-bond donors (Lipinski definition) is 1. The lowest BCUT2D eigenvalue weighted by Crippen LogP contribution is -2.29. The molecule has 1 aromatic heterocycles. The van der Waals surface area contributed by atoms with Crippen LogP contribution in [0.5, 0.6) is 0 Å². The van der Waals surface area contributed by atoms with Crippen LogP contribution in [0.15, 0.2) is 52.7 Å². The number of aromatic nitrogens is 1. The topological polar surface area (TPSA) is 77.4 Å². The average Bonchev–Trinajstić information content (AvgIpc) is 2.89. The quantitative estimate of drug-likeness (QED) is 0.643. The largest absolute Gasteiger partial charge is 0.467 e. The summed E-state index contributed by atoms with van der Waals surface area (Å²) in [5.41, 5.74) is 1.00. The molecule has 0 aliphatic carbocycles. The number of benzene rings is 1. The molecule has 0 spiro atoms. The lowest BCUT2D eigenvalue weighted by Gasteiger charge is -2.14. The fourth-order valence-corrected chi connectivity index (χ4v) is 3.13. The lowest BCUT2D eigenvalue weighted by molar-refractivity contribution is -0.143. The predicted octanol–water partition coefficient (Wildman–Crippen LogP) is 2.38. The fourth-order valence-electron chi connectivity index (χ4n) is 2.17. The maximum Gasteiger partial charge on any atom is 0.334 e. The molecule has 1 atom stereocenters. The van der Waals surface area contributed by atoms with Crippen LogP contribution in [-0.2, 0) is 20.7 Å². The third kappa shape index (κ3) is 3.99. The first-order chi connectivity index (χ1) is 11.4. The van der Waals surface area contributed by atoms with Crippen molar-refractivity contribution >= 4 is 29.1 Å². The van der Waals surface area contributed by atoms with Gasteiger partial charge in [0, 0.05) is 5.38 Å². The van der Waals surface area contributed by atoms with E-state index in [1.54, 1.807) is 6.92 Å². The van der Waals surface area contributed by atoms with E-state index in [4.69, 9.17) is 4.74 Å². The molecule has 0 saturated carbocycles. The molecule has 1 amide bonds. The Labute approximate surface area is 143 Å². The van der Waals surface area contributed by atoms with Gasteiger partial charge in [-0.25, -0.2) is 8.75 Å². The van der Waals surface area contributed by atoms with Crippen molar-refractivity contribution in [1.29, 1.82) is 0 Å². The minimum atomic E-state index is -0.896. The van der Waals surface area contributed by atoms with Crippen LogP contribution in [0.1, 0.15) is 18.5 Å². The molecule has 2 aromatic rings. The van der Waals surface area contributed by atoms with E-state index in [9.17, 15) is 14.4 Å². The molecule has 0 bridgehead atoms. The highest BCUT2D eigenvalue weighted by molar-refractivity contribution is 7.04. The Kier molecular flexibility index (Phi) is 5.70. The molecule has 0 radical (unpaired) electrons. The van der Waals surface area contributed by atoms with Gasteiger partial charge in [-0.05, 0) is 18.1 Å². The summed E-state index contributed by atoms with van der Waals surface area (Å²) in [6.45, 7) is 5.37. The number of nitrogens with zero attached hydrogens (tertiary/aromatic N) is 1. The lowest BCUT2D eigenvalue weighted by atomic mass is 10.1. The molecule has 0 saturated heterocycles. The van der Waals surface area contributed by atoms with E-state index in [-0.39, 0.29) is 18.0 Å². The first-order valence-corrected chi connectivity index (χ1v) is 8.05. The highest BCUT2D eigenvalue weighted by Gasteiger charge is 2.26. The van der Waals surface area contributed by atoms with Gasteiger partial charge in [0.05, 0.1) is 13.5 Å². The van der Waals surface area contributed by atoms with E-state index < -0.39 is 17.6 Å². The number of carbonyl (C=O) groups is 2. The Morgan fingerprint density at radius 1 is 1.33 bits per heavy atom. The van der Waals surface area contributed by atoms with Gasteiger partial charge in [0.15, 0.2) is 6.04 Å². The standard InChI is InChI=1S/C17H18N2O4S/c1-11(2)15(17(22)23-3)19-16(21)13(10-24-19)18-14(20)9-12-7-5-4-6-8-12/h4-8,10,15H,1,9H2,2-3H3,(H,18,20)/t15-/m1/s1. The highest BCUT2D eigenvalue weighted by atomic mass is 32.1. The zero-order chi connectivity index (χ0) is 17.7. The van der Waals surface area contributed by atoms with E-state index in [1.807, 2.05) is 30.3 Å². The number of anilines is 1. The van der Waals surface area contributed by atoms with Gasteiger partial charge in [0.1, 0.15) is 5.69 Å². The molecule has 0 fully saturated rings. The molecule has 2 rings (SSSR count). The number of nitrogens with one attached hydrogen (secondary N) is 1. The second-order valence-electron chi connectivity index (χ2n) is 5.25. The van der Waals surface area contributed by atoms with Gasteiger partial charge in [0.2, 0.25) is 5.91 Å². The first kappa shape index (κ1) is 17.7. The van der Waals surface area contributed by atoms with Gasteiger partial charge < -0.3 is 10.1 Å². The summed E-state index contributed by atoms with van der Waals surface area (Å²) >= 11 is 1.03. The fraction of sp³-hybridized carbons (Fsp3) is 0.235. The Morgan fingerprint density at radius 2 is 2.00 bits per heavy atom. The van der Waals surface area contributed by atoms with E-state index in [0.29, 0.717) is 5.57 Å². The highest BCUT2D eigenvalue weighted by Crippen LogP contribution is 2.20. The molecule has 1 N–H and O–H groups in total. The van der Waals surface area contributed by atoms with Gasteiger partial charge in [-0.15, -0.1) is 0 Å². The zero-order valence-corrected chi connectivity index (χ0v) is 14.3. The average molecular weight is 346 g/mol. The summed E-state index contributed by atoms with van der Waals surface area (Å²) in [4.78, 5) is 36.4. The van der Waals surface area contributed by atoms with E-state index in [0.717, 1.165) is 17.1 Å². The normalized spacial score (nSPS) is 11.6. The first-order valence-electron chi connectivity index (χ1n) is 7.21. The molecule has 24 heavy (non-hydrogen) atoms. The zero-order valence-electron chi connectivity index (χ0n) is 13.4. The number of methoxy groups -OCH3 is 1. The van der Waals surface area contributed by atoms with Crippen molar-refractivity contribution in [3.63, 3.8) is 0 Å². The van der Waals surface area contributed by atoms with Crippen LogP contribution in [0.4, 0.5) is 5.69 Å². The monoisotopic (exact) mass is 346 g/mol. The Morgan fingerprint density at radius 3 is 2.58 bits per heavy atom. The molecule has 1 heterocycles. The summed E-state index contributed by atoms with van der Waals surface area (Å²) in [6.07, 6.45) is 0.164. The minimum Gasteiger partial charge on any atom is -0.467 e. The molecule has 1 aromatic carbocycles. The van der Waals surface area contributed by atoms with E-state index in [2.05, 4.69) is 11.9 Å². The number of amides is 1. The Hall–Kier alpha value is -2.67. The second-order valence-corrected chi connectivity index (χ2v) is 6.09. The summed E-state index contributed by atoms with van der Waals surface area (Å²) in [5.74, 6) is -0.873. The molecular formula is C17H18N2O4S. The van der Waals surface area contributed by atoms with Gasteiger partial charge in [-0.3, -0.25) is 9.59 Å². The van der Waals surface area contributed by atoms with Crippen LogP contribution in [0.25, 0.3) is 0 Å². The molecule has 126 valence electrons. The number of ether oxygens (including phenoxy) is 1. The van der Waals surface area contributed by atoms with E-state index in [1.165, 1.54) is 16.4 Å². The number of esters is 1. The van der Waals surface area contributed by atoms with Crippen molar-refractivity contribution in [3.8, 4) is 0 Å². The maximum absolute atomic E-state index is 12.4. The van der Waals surface area contributed by atoms with Crippen molar-refractivity contribution in [2.24, 2.45) is 0 Å². The van der Waals surface area contributed by atoms with Gasteiger partial charge in [-0.2, -0.15) is 0 Å². The maximum atomic E-state index is 12.4. The van der Waals surface area contributed by atoms with Crippen molar-refractivity contribution in [1.82, 2.24) is 3.96 Å². The Balaban J connectivity index is 2.17. The van der Waals surface area contributed by atoms with Crippen molar-refractivity contribution in [2.75, 3.05) is 12.4 Å². The van der Waals surface area contributed by atoms with Crippen LogP contribution in [-0.4, -0.2) is 22.9 Å². The summed E-state index contributed by atoms with van der Waals surface area (Å²) < 4.78 is 5.95. The van der Waals surface area contributed by atoms with Crippen molar-refractivity contribution in [2.45, 2.75) is 19.4 Å². The third-order valence-electron chi connectivity index (χ3n) is 3.32. The summed E-state index contributed by atoms with van der Waals surface area (Å²) in [6, 6.07) is 8.32. The van der Waals surface area contributed by atoms with Crippen LogP contribution in [0.3, 0.4) is 0 Å². The SMILES string of the molecule is C=C(C)[C@H](C(=O)OC)n1scc(NC(=O)Cc2ccccc2)c1=O. The second kappa shape index (κ2) is 7.74. The van der Waals surface area contributed by atoms with Crippen LogP contribution in [0, 0.1) is 0 Å². The molecule has 0 unspecified atom stereocenters. The number of rotatable bonds is 6. The van der Waals surface area contributed by atoms with E-state index >= 15 is 0 Å². The molecule has 0 aliphatic rings. The minimum absolute atomic E-state index is 0.135. The molecule has 7 heteroatoms. The summed E-state index contributed by atoms with van der Waals surface area (Å²) in [7, 11) is 1.25. The molecular weight excluding hydrogens is 328 g/mol.